The van der Waals surface area contributed by atoms with E-state index in [4.69, 9.17) is 0 Å². The lowest BCUT2D eigenvalue weighted by Gasteiger charge is -2.21. The SMILES string of the molecule is CCn1ncnc1CC1CCCc2ccccc2C1O. The molecule has 0 aliphatic heterocycles. The van der Waals surface area contributed by atoms with Crippen molar-refractivity contribution in [1.29, 1.82) is 0 Å². The molecule has 20 heavy (non-hydrogen) atoms. The first-order valence-corrected chi connectivity index (χ1v) is 7.42. The summed E-state index contributed by atoms with van der Waals surface area (Å²) in [6.45, 7) is 2.89. The summed E-state index contributed by atoms with van der Waals surface area (Å²) in [5.74, 6) is 1.21. The fourth-order valence-electron chi connectivity index (χ4n) is 3.18. The van der Waals surface area contributed by atoms with E-state index in [0.717, 1.165) is 43.6 Å². The van der Waals surface area contributed by atoms with Crippen LogP contribution >= 0.6 is 0 Å². The van der Waals surface area contributed by atoms with Crippen LogP contribution in [0.15, 0.2) is 30.6 Å². The molecule has 2 atom stereocenters. The number of rotatable bonds is 3. The summed E-state index contributed by atoms with van der Waals surface area (Å²) in [4.78, 5) is 4.34. The predicted octanol–water partition coefficient (Wildman–Crippen LogP) is 2.53. The molecule has 0 fully saturated rings. The van der Waals surface area contributed by atoms with Crippen molar-refractivity contribution in [2.75, 3.05) is 0 Å². The minimum atomic E-state index is -0.393. The Balaban J connectivity index is 1.84. The molecule has 1 heterocycles. The Morgan fingerprint density at radius 3 is 3.05 bits per heavy atom. The largest absolute Gasteiger partial charge is 0.388 e. The molecule has 2 unspecified atom stereocenters. The van der Waals surface area contributed by atoms with Gasteiger partial charge in [0.05, 0.1) is 6.10 Å². The molecule has 1 N–H and O–H groups in total. The second-order valence-corrected chi connectivity index (χ2v) is 5.49. The highest BCUT2D eigenvalue weighted by molar-refractivity contribution is 5.30. The van der Waals surface area contributed by atoms with Gasteiger partial charge in [-0.05, 0) is 43.2 Å². The van der Waals surface area contributed by atoms with Crippen LogP contribution in [0.3, 0.4) is 0 Å². The molecule has 0 amide bonds. The van der Waals surface area contributed by atoms with Crippen molar-refractivity contribution in [3.63, 3.8) is 0 Å². The highest BCUT2D eigenvalue weighted by atomic mass is 16.3. The maximum atomic E-state index is 10.7. The standard InChI is InChI=1S/C16H21N3O/c1-2-19-15(17-11-18-19)10-13-8-5-7-12-6-3-4-9-14(12)16(13)20/h3-4,6,9,11,13,16,20H,2,5,7-8,10H2,1H3. The van der Waals surface area contributed by atoms with Gasteiger partial charge in [-0.1, -0.05) is 24.3 Å². The Morgan fingerprint density at radius 1 is 1.35 bits per heavy atom. The van der Waals surface area contributed by atoms with Crippen molar-refractivity contribution >= 4 is 0 Å². The molecule has 0 bridgehead atoms. The van der Waals surface area contributed by atoms with Gasteiger partial charge in [-0.25, -0.2) is 4.98 Å². The topological polar surface area (TPSA) is 50.9 Å². The molecule has 1 aromatic heterocycles. The first-order valence-electron chi connectivity index (χ1n) is 7.42. The molecule has 1 aliphatic carbocycles. The number of aryl methyl sites for hydroxylation is 2. The van der Waals surface area contributed by atoms with E-state index >= 15 is 0 Å². The fourth-order valence-corrected chi connectivity index (χ4v) is 3.18. The summed E-state index contributed by atoms with van der Waals surface area (Å²) in [7, 11) is 0. The molecule has 1 aromatic carbocycles. The monoisotopic (exact) mass is 271 g/mol. The lowest BCUT2D eigenvalue weighted by atomic mass is 9.90. The molecule has 1 aliphatic rings. The Labute approximate surface area is 119 Å². The highest BCUT2D eigenvalue weighted by Gasteiger charge is 2.27. The third-order valence-electron chi connectivity index (χ3n) is 4.28. The quantitative estimate of drug-likeness (QED) is 0.873. The number of fused-ring (bicyclic) bond motifs is 1. The number of aromatic nitrogens is 3. The second kappa shape index (κ2) is 5.75. The highest BCUT2D eigenvalue weighted by Crippen LogP contribution is 2.34. The second-order valence-electron chi connectivity index (χ2n) is 5.49. The molecular formula is C16H21N3O. The molecule has 0 saturated carbocycles. The first-order chi connectivity index (χ1) is 9.79. The third-order valence-corrected chi connectivity index (χ3v) is 4.28. The predicted molar refractivity (Wildman–Crippen MR) is 77.2 cm³/mol. The third kappa shape index (κ3) is 2.48. The summed E-state index contributed by atoms with van der Waals surface area (Å²) in [5.41, 5.74) is 2.39. The molecular weight excluding hydrogens is 250 g/mol. The van der Waals surface area contributed by atoms with Crippen molar-refractivity contribution in [2.45, 2.75) is 45.3 Å². The summed E-state index contributed by atoms with van der Waals surface area (Å²) in [5, 5.41) is 14.9. The normalized spacial score (nSPS) is 22.3. The fraction of sp³-hybridized carbons (Fsp3) is 0.500. The van der Waals surface area contributed by atoms with E-state index in [-0.39, 0.29) is 5.92 Å². The van der Waals surface area contributed by atoms with Gasteiger partial charge in [0.15, 0.2) is 0 Å². The number of hydrogen-bond donors (Lipinski definition) is 1. The van der Waals surface area contributed by atoms with E-state index < -0.39 is 6.10 Å². The van der Waals surface area contributed by atoms with Crippen LogP contribution < -0.4 is 0 Å². The van der Waals surface area contributed by atoms with Gasteiger partial charge in [0.1, 0.15) is 12.2 Å². The Morgan fingerprint density at radius 2 is 2.20 bits per heavy atom. The molecule has 0 spiro atoms. The molecule has 3 rings (SSSR count). The molecule has 106 valence electrons. The maximum Gasteiger partial charge on any atom is 0.138 e. The summed E-state index contributed by atoms with van der Waals surface area (Å²) >= 11 is 0. The van der Waals surface area contributed by atoms with Crippen LogP contribution in [0.2, 0.25) is 0 Å². The number of aliphatic hydroxyl groups excluding tert-OH is 1. The Bertz CT molecular complexity index is 579. The first kappa shape index (κ1) is 13.3. The average molecular weight is 271 g/mol. The van der Waals surface area contributed by atoms with Gasteiger partial charge in [-0.15, -0.1) is 0 Å². The van der Waals surface area contributed by atoms with Crippen LogP contribution in [0.5, 0.6) is 0 Å². The van der Waals surface area contributed by atoms with Gasteiger partial charge in [0.25, 0.3) is 0 Å². The van der Waals surface area contributed by atoms with E-state index in [1.807, 2.05) is 10.7 Å². The average Bonchev–Trinajstić information content (AvgIpc) is 2.86. The zero-order valence-electron chi connectivity index (χ0n) is 11.9. The van der Waals surface area contributed by atoms with Crippen molar-refractivity contribution in [1.82, 2.24) is 14.8 Å². The summed E-state index contributed by atoms with van der Waals surface area (Å²) < 4.78 is 1.92. The smallest absolute Gasteiger partial charge is 0.138 e. The van der Waals surface area contributed by atoms with Crippen LogP contribution in [0.1, 0.15) is 42.8 Å². The number of aliphatic hydroxyl groups is 1. The molecule has 2 aromatic rings. The van der Waals surface area contributed by atoms with Crippen LogP contribution in [0, 0.1) is 5.92 Å². The lowest BCUT2D eigenvalue weighted by molar-refractivity contribution is 0.103. The van der Waals surface area contributed by atoms with Crippen molar-refractivity contribution in [3.05, 3.63) is 47.5 Å². The van der Waals surface area contributed by atoms with E-state index in [1.165, 1.54) is 5.56 Å². The molecule has 4 heteroatoms. The number of hydrogen-bond acceptors (Lipinski definition) is 3. The van der Waals surface area contributed by atoms with E-state index in [1.54, 1.807) is 6.33 Å². The van der Waals surface area contributed by atoms with Crippen molar-refractivity contribution < 1.29 is 5.11 Å². The van der Waals surface area contributed by atoms with Gasteiger partial charge < -0.3 is 5.11 Å². The summed E-state index contributed by atoms with van der Waals surface area (Å²) in [6.07, 6.45) is 5.23. The number of nitrogens with zero attached hydrogens (tertiary/aromatic N) is 3. The lowest BCUT2D eigenvalue weighted by Crippen LogP contribution is -2.17. The van der Waals surface area contributed by atoms with Crippen LogP contribution in [0.25, 0.3) is 0 Å². The van der Waals surface area contributed by atoms with Gasteiger partial charge in [0.2, 0.25) is 0 Å². The maximum absolute atomic E-state index is 10.7. The van der Waals surface area contributed by atoms with Gasteiger partial charge >= 0.3 is 0 Å². The van der Waals surface area contributed by atoms with Gasteiger partial charge in [0, 0.05) is 13.0 Å². The van der Waals surface area contributed by atoms with Crippen molar-refractivity contribution in [3.8, 4) is 0 Å². The Hall–Kier alpha value is -1.68. The van der Waals surface area contributed by atoms with Gasteiger partial charge in [-0.3, -0.25) is 4.68 Å². The minimum absolute atomic E-state index is 0.230. The van der Waals surface area contributed by atoms with Crippen LogP contribution in [-0.4, -0.2) is 19.9 Å². The number of benzene rings is 1. The molecule has 0 radical (unpaired) electrons. The van der Waals surface area contributed by atoms with Crippen LogP contribution in [-0.2, 0) is 19.4 Å². The zero-order valence-corrected chi connectivity index (χ0v) is 11.9. The molecule has 4 nitrogen and oxygen atoms in total. The van der Waals surface area contributed by atoms with Crippen molar-refractivity contribution in [2.24, 2.45) is 5.92 Å². The van der Waals surface area contributed by atoms with E-state index in [9.17, 15) is 5.11 Å². The van der Waals surface area contributed by atoms with E-state index in [0.29, 0.717) is 0 Å². The van der Waals surface area contributed by atoms with Crippen LogP contribution in [0.4, 0.5) is 0 Å². The summed E-state index contributed by atoms with van der Waals surface area (Å²) in [6, 6.07) is 8.26. The van der Waals surface area contributed by atoms with Gasteiger partial charge in [-0.2, -0.15) is 5.10 Å². The minimum Gasteiger partial charge on any atom is -0.388 e. The zero-order chi connectivity index (χ0) is 13.9. The molecule has 0 saturated heterocycles. The van der Waals surface area contributed by atoms with E-state index in [2.05, 4.69) is 35.2 Å². The Kier molecular flexibility index (Phi) is 3.83.